The number of hydrogen-bond donors (Lipinski definition) is 2. The standard InChI is InChI=1S/C14H17N3O4/c18-8-10-21-9-2-7-15-12-4-5-13(17(19)20)14-11(12)3-1-6-16-14/h1,3-6,15,18H,2,7-10H2. The second-order valence-corrected chi connectivity index (χ2v) is 4.41. The van der Waals surface area contributed by atoms with Crippen molar-refractivity contribution in [2.24, 2.45) is 0 Å². The molecule has 112 valence electrons. The zero-order valence-electron chi connectivity index (χ0n) is 11.5. The summed E-state index contributed by atoms with van der Waals surface area (Å²) in [7, 11) is 0. The van der Waals surface area contributed by atoms with Crippen molar-refractivity contribution >= 4 is 22.3 Å². The maximum atomic E-state index is 11.0. The number of nitrogens with zero attached hydrogens (tertiary/aromatic N) is 2. The highest BCUT2D eigenvalue weighted by molar-refractivity contribution is 5.96. The van der Waals surface area contributed by atoms with Crippen LogP contribution in [0.15, 0.2) is 30.5 Å². The van der Waals surface area contributed by atoms with Gasteiger partial charge in [-0.2, -0.15) is 0 Å². The van der Waals surface area contributed by atoms with Crippen molar-refractivity contribution in [1.82, 2.24) is 4.98 Å². The Morgan fingerprint density at radius 1 is 1.33 bits per heavy atom. The molecular weight excluding hydrogens is 274 g/mol. The molecule has 7 heteroatoms. The molecule has 7 nitrogen and oxygen atoms in total. The Labute approximate surface area is 121 Å². The van der Waals surface area contributed by atoms with Crippen molar-refractivity contribution in [3.63, 3.8) is 0 Å². The van der Waals surface area contributed by atoms with E-state index in [-0.39, 0.29) is 12.3 Å². The van der Waals surface area contributed by atoms with Crippen LogP contribution in [0, 0.1) is 10.1 Å². The van der Waals surface area contributed by atoms with Gasteiger partial charge in [0.2, 0.25) is 0 Å². The van der Waals surface area contributed by atoms with E-state index in [9.17, 15) is 10.1 Å². The van der Waals surface area contributed by atoms with Gasteiger partial charge in [0.1, 0.15) is 5.52 Å². The van der Waals surface area contributed by atoms with Crippen molar-refractivity contribution in [1.29, 1.82) is 0 Å². The first kappa shape index (κ1) is 15.1. The first-order valence-electron chi connectivity index (χ1n) is 6.68. The minimum Gasteiger partial charge on any atom is -0.394 e. The van der Waals surface area contributed by atoms with Crippen molar-refractivity contribution in [2.75, 3.05) is 31.7 Å². The number of nitro benzene ring substituents is 1. The van der Waals surface area contributed by atoms with E-state index in [4.69, 9.17) is 9.84 Å². The molecule has 21 heavy (non-hydrogen) atoms. The third kappa shape index (κ3) is 3.87. The minimum absolute atomic E-state index is 0.00225. The number of anilines is 1. The zero-order valence-corrected chi connectivity index (χ0v) is 11.5. The van der Waals surface area contributed by atoms with Crippen LogP contribution in [-0.4, -0.2) is 41.4 Å². The Bertz CT molecular complexity index is 618. The topological polar surface area (TPSA) is 97.5 Å². The number of benzene rings is 1. The number of aliphatic hydroxyl groups is 1. The first-order chi connectivity index (χ1) is 10.2. The SMILES string of the molecule is O=[N+]([O-])c1ccc(NCCCOCCO)c2cccnc12. The second-order valence-electron chi connectivity index (χ2n) is 4.41. The number of rotatable bonds is 8. The number of pyridine rings is 1. The molecule has 1 aromatic carbocycles. The summed E-state index contributed by atoms with van der Waals surface area (Å²) in [6, 6.07) is 6.71. The number of nitrogens with one attached hydrogen (secondary N) is 1. The lowest BCUT2D eigenvalue weighted by Crippen LogP contribution is -2.08. The van der Waals surface area contributed by atoms with Crippen LogP contribution in [0.5, 0.6) is 0 Å². The molecule has 1 heterocycles. The average molecular weight is 291 g/mol. The molecule has 0 amide bonds. The molecule has 0 saturated heterocycles. The van der Waals surface area contributed by atoms with E-state index in [0.29, 0.717) is 25.3 Å². The van der Waals surface area contributed by atoms with E-state index in [0.717, 1.165) is 17.5 Å². The molecule has 0 aliphatic heterocycles. The fourth-order valence-electron chi connectivity index (χ4n) is 2.02. The third-order valence-electron chi connectivity index (χ3n) is 2.96. The van der Waals surface area contributed by atoms with Crippen LogP contribution in [0.4, 0.5) is 11.4 Å². The van der Waals surface area contributed by atoms with Gasteiger partial charge in [-0.3, -0.25) is 10.1 Å². The van der Waals surface area contributed by atoms with Gasteiger partial charge in [0, 0.05) is 36.5 Å². The summed E-state index contributed by atoms with van der Waals surface area (Å²) in [5, 5.41) is 23.5. The van der Waals surface area contributed by atoms with Crippen LogP contribution in [0.3, 0.4) is 0 Å². The van der Waals surface area contributed by atoms with E-state index in [1.807, 2.05) is 0 Å². The molecule has 0 aliphatic carbocycles. The smallest absolute Gasteiger partial charge is 0.295 e. The van der Waals surface area contributed by atoms with Crippen molar-refractivity contribution in [2.45, 2.75) is 6.42 Å². The lowest BCUT2D eigenvalue weighted by Gasteiger charge is -2.09. The van der Waals surface area contributed by atoms with Crippen LogP contribution >= 0.6 is 0 Å². The summed E-state index contributed by atoms with van der Waals surface area (Å²) >= 11 is 0. The summed E-state index contributed by atoms with van der Waals surface area (Å²) in [6.45, 7) is 1.58. The second kappa shape index (κ2) is 7.51. The van der Waals surface area contributed by atoms with Crippen LogP contribution < -0.4 is 5.32 Å². The van der Waals surface area contributed by atoms with E-state index >= 15 is 0 Å². The molecule has 0 bridgehead atoms. The molecule has 2 rings (SSSR count). The minimum atomic E-state index is -0.429. The zero-order chi connectivity index (χ0) is 15.1. The van der Waals surface area contributed by atoms with Gasteiger partial charge in [-0.1, -0.05) is 0 Å². The molecule has 0 saturated carbocycles. The summed E-state index contributed by atoms with van der Waals surface area (Å²) < 4.78 is 5.17. The average Bonchev–Trinajstić information content (AvgIpc) is 2.50. The molecule has 0 unspecified atom stereocenters. The Morgan fingerprint density at radius 2 is 2.19 bits per heavy atom. The normalized spacial score (nSPS) is 10.7. The van der Waals surface area contributed by atoms with Crippen LogP contribution in [0.2, 0.25) is 0 Å². The molecule has 2 aromatic rings. The monoisotopic (exact) mass is 291 g/mol. The molecule has 0 radical (unpaired) electrons. The van der Waals surface area contributed by atoms with E-state index in [2.05, 4.69) is 10.3 Å². The van der Waals surface area contributed by atoms with Gasteiger partial charge in [-0.05, 0) is 24.6 Å². The van der Waals surface area contributed by atoms with Gasteiger partial charge in [0.15, 0.2) is 0 Å². The maximum absolute atomic E-state index is 11.0. The molecule has 0 fully saturated rings. The Morgan fingerprint density at radius 3 is 2.95 bits per heavy atom. The number of aliphatic hydroxyl groups excluding tert-OH is 1. The number of nitro groups is 1. The Balaban J connectivity index is 2.07. The van der Waals surface area contributed by atoms with Gasteiger partial charge in [-0.15, -0.1) is 0 Å². The van der Waals surface area contributed by atoms with Crippen molar-refractivity contribution < 1.29 is 14.8 Å². The summed E-state index contributed by atoms with van der Waals surface area (Å²) in [6.07, 6.45) is 2.32. The predicted octanol–water partition coefficient (Wildman–Crippen LogP) is 1.95. The highest BCUT2D eigenvalue weighted by Gasteiger charge is 2.14. The number of hydrogen-bond acceptors (Lipinski definition) is 6. The number of ether oxygens (including phenoxy) is 1. The van der Waals surface area contributed by atoms with Gasteiger partial charge < -0.3 is 15.2 Å². The van der Waals surface area contributed by atoms with Gasteiger partial charge in [0.05, 0.1) is 18.1 Å². The van der Waals surface area contributed by atoms with E-state index < -0.39 is 4.92 Å². The van der Waals surface area contributed by atoms with E-state index in [1.165, 1.54) is 6.07 Å². The summed E-state index contributed by atoms with van der Waals surface area (Å²) in [5.41, 5.74) is 1.19. The highest BCUT2D eigenvalue weighted by atomic mass is 16.6. The molecule has 0 atom stereocenters. The molecule has 0 aliphatic rings. The summed E-state index contributed by atoms with van der Waals surface area (Å²) in [4.78, 5) is 14.7. The molecule has 1 aromatic heterocycles. The Kier molecular flexibility index (Phi) is 5.42. The molecular formula is C14H17N3O4. The van der Waals surface area contributed by atoms with Crippen LogP contribution in [0.25, 0.3) is 10.9 Å². The van der Waals surface area contributed by atoms with Gasteiger partial charge >= 0.3 is 0 Å². The molecule has 2 N–H and O–H groups in total. The number of fused-ring (bicyclic) bond motifs is 1. The van der Waals surface area contributed by atoms with Gasteiger partial charge in [0.25, 0.3) is 5.69 Å². The van der Waals surface area contributed by atoms with E-state index in [1.54, 1.807) is 24.4 Å². The fraction of sp³-hybridized carbons (Fsp3) is 0.357. The summed E-state index contributed by atoms with van der Waals surface area (Å²) in [5.74, 6) is 0. The van der Waals surface area contributed by atoms with Gasteiger partial charge in [-0.25, -0.2) is 4.98 Å². The molecule has 0 spiro atoms. The van der Waals surface area contributed by atoms with Crippen molar-refractivity contribution in [3.8, 4) is 0 Å². The predicted molar refractivity (Wildman–Crippen MR) is 79.4 cm³/mol. The largest absolute Gasteiger partial charge is 0.394 e. The van der Waals surface area contributed by atoms with Crippen LogP contribution in [-0.2, 0) is 4.74 Å². The van der Waals surface area contributed by atoms with Crippen LogP contribution in [0.1, 0.15) is 6.42 Å². The highest BCUT2D eigenvalue weighted by Crippen LogP contribution is 2.29. The number of aromatic nitrogens is 1. The third-order valence-corrected chi connectivity index (χ3v) is 2.96. The lowest BCUT2D eigenvalue weighted by molar-refractivity contribution is -0.383. The fourth-order valence-corrected chi connectivity index (χ4v) is 2.02. The quantitative estimate of drug-likeness (QED) is 0.438. The number of non-ortho nitro benzene ring substituents is 1. The Hall–Kier alpha value is -2.25. The lowest BCUT2D eigenvalue weighted by atomic mass is 10.1. The maximum Gasteiger partial charge on any atom is 0.295 e. The first-order valence-corrected chi connectivity index (χ1v) is 6.68. The van der Waals surface area contributed by atoms with Crippen molar-refractivity contribution in [3.05, 3.63) is 40.6 Å².